The van der Waals surface area contributed by atoms with Crippen LogP contribution >= 0.6 is 23.1 Å². The number of thiazole rings is 1. The molecule has 1 fully saturated rings. The third-order valence-corrected chi connectivity index (χ3v) is 5.51. The van der Waals surface area contributed by atoms with E-state index in [2.05, 4.69) is 17.2 Å². The van der Waals surface area contributed by atoms with Gasteiger partial charge in [0.25, 0.3) is 0 Å². The van der Waals surface area contributed by atoms with Gasteiger partial charge in [0, 0.05) is 17.3 Å². The molecular weight excluding hydrogens is 280 g/mol. The Bertz CT molecular complexity index is 407. The van der Waals surface area contributed by atoms with Crippen molar-refractivity contribution in [2.45, 2.75) is 36.1 Å². The van der Waals surface area contributed by atoms with Gasteiger partial charge in [0.15, 0.2) is 0 Å². The third-order valence-electron chi connectivity index (χ3n) is 3.35. The van der Waals surface area contributed by atoms with Gasteiger partial charge >= 0.3 is 5.97 Å². The van der Waals surface area contributed by atoms with Gasteiger partial charge in [-0.3, -0.25) is 4.79 Å². The summed E-state index contributed by atoms with van der Waals surface area (Å²) in [5.74, 6) is 0.962. The molecule has 1 saturated carbocycles. The lowest BCUT2D eigenvalue weighted by atomic mass is 9.95. The monoisotopic (exact) mass is 300 g/mol. The van der Waals surface area contributed by atoms with Crippen molar-refractivity contribution in [3.05, 3.63) is 11.6 Å². The summed E-state index contributed by atoms with van der Waals surface area (Å²) >= 11 is 3.25. The predicted molar refractivity (Wildman–Crippen MR) is 78.6 cm³/mol. The molecule has 4 nitrogen and oxygen atoms in total. The number of carbonyl (C=O) groups is 1. The molecule has 0 bridgehead atoms. The zero-order valence-electron chi connectivity index (χ0n) is 11.3. The van der Waals surface area contributed by atoms with Gasteiger partial charge in [-0.2, -0.15) is 0 Å². The topological polar surface area (TPSA) is 51.2 Å². The molecule has 0 radical (unpaired) electrons. The molecule has 0 saturated heterocycles. The number of carbonyl (C=O) groups excluding carboxylic acids is 1. The van der Waals surface area contributed by atoms with Crippen LogP contribution in [0, 0.1) is 5.92 Å². The molecule has 0 spiro atoms. The second-order valence-electron chi connectivity index (χ2n) is 4.75. The first-order chi connectivity index (χ1) is 9.23. The lowest BCUT2D eigenvalue weighted by molar-refractivity contribution is -0.148. The average Bonchev–Trinajstić information content (AvgIpc) is 3.16. The molecule has 1 aliphatic rings. The van der Waals surface area contributed by atoms with Crippen LogP contribution in [0.2, 0.25) is 0 Å². The van der Waals surface area contributed by atoms with E-state index in [1.54, 1.807) is 29.3 Å². The summed E-state index contributed by atoms with van der Waals surface area (Å²) in [7, 11) is 1.47. The Morgan fingerprint density at radius 1 is 1.68 bits per heavy atom. The fourth-order valence-corrected chi connectivity index (χ4v) is 4.09. The molecular formula is C13H20N2O2S2. The number of esters is 1. The van der Waals surface area contributed by atoms with Gasteiger partial charge in [0.2, 0.25) is 0 Å². The van der Waals surface area contributed by atoms with E-state index in [0.29, 0.717) is 11.7 Å². The Hall–Kier alpha value is -0.590. The summed E-state index contributed by atoms with van der Waals surface area (Å²) < 4.78 is 6.06. The molecule has 1 heterocycles. The van der Waals surface area contributed by atoms with Crippen molar-refractivity contribution in [2.75, 3.05) is 19.4 Å². The third kappa shape index (κ3) is 3.49. The van der Waals surface area contributed by atoms with Gasteiger partial charge in [-0.25, -0.2) is 4.98 Å². The molecule has 1 atom stereocenters. The molecule has 1 N–H and O–H groups in total. The van der Waals surface area contributed by atoms with Crippen molar-refractivity contribution in [1.29, 1.82) is 0 Å². The fraction of sp³-hybridized carbons (Fsp3) is 0.692. The van der Waals surface area contributed by atoms with E-state index in [1.807, 2.05) is 5.38 Å². The molecule has 19 heavy (non-hydrogen) atoms. The van der Waals surface area contributed by atoms with Crippen LogP contribution in [0.5, 0.6) is 0 Å². The van der Waals surface area contributed by atoms with Crippen molar-refractivity contribution < 1.29 is 9.53 Å². The van der Waals surface area contributed by atoms with E-state index in [9.17, 15) is 4.79 Å². The maximum atomic E-state index is 12.3. The van der Waals surface area contributed by atoms with Gasteiger partial charge < -0.3 is 10.1 Å². The second kappa shape index (κ2) is 6.72. The second-order valence-corrected chi connectivity index (χ2v) is 6.87. The van der Waals surface area contributed by atoms with E-state index in [-0.39, 0.29) is 5.97 Å². The Morgan fingerprint density at radius 2 is 2.47 bits per heavy atom. The standard InChI is InChI=1S/C13H20N2O2S2/c1-3-6-15-13(10-4-5-10,11(16)17-2)9-19-12-14-7-8-18-12/h7-8,10,15H,3-6,9H2,1-2H3. The van der Waals surface area contributed by atoms with Gasteiger partial charge in [-0.15, -0.1) is 11.3 Å². The molecule has 6 heteroatoms. The Balaban J connectivity index is 2.08. The van der Waals surface area contributed by atoms with E-state index < -0.39 is 5.54 Å². The van der Waals surface area contributed by atoms with E-state index in [1.165, 1.54) is 7.11 Å². The summed E-state index contributed by atoms with van der Waals surface area (Å²) in [6.07, 6.45) is 5.01. The highest BCUT2D eigenvalue weighted by molar-refractivity contribution is 8.01. The molecule has 106 valence electrons. The predicted octanol–water partition coefficient (Wildman–Crippen LogP) is 2.56. The minimum absolute atomic E-state index is 0.132. The Morgan fingerprint density at radius 3 is 3.00 bits per heavy atom. The van der Waals surface area contributed by atoms with Crippen LogP contribution in [0.4, 0.5) is 0 Å². The van der Waals surface area contributed by atoms with Crippen LogP contribution < -0.4 is 5.32 Å². The van der Waals surface area contributed by atoms with Crippen LogP contribution in [0.15, 0.2) is 15.9 Å². The van der Waals surface area contributed by atoms with Gasteiger partial charge in [-0.05, 0) is 31.7 Å². The summed E-state index contributed by atoms with van der Waals surface area (Å²) in [6, 6.07) is 0. The molecule has 0 aromatic carbocycles. The van der Waals surface area contributed by atoms with Crippen molar-refractivity contribution in [1.82, 2.24) is 10.3 Å². The van der Waals surface area contributed by atoms with E-state index in [4.69, 9.17) is 4.74 Å². The van der Waals surface area contributed by atoms with E-state index >= 15 is 0 Å². The van der Waals surface area contributed by atoms with Crippen molar-refractivity contribution in [2.24, 2.45) is 5.92 Å². The lowest BCUT2D eigenvalue weighted by Gasteiger charge is -2.31. The molecule has 1 aromatic heterocycles. The first kappa shape index (κ1) is 14.8. The van der Waals surface area contributed by atoms with Crippen molar-refractivity contribution >= 4 is 29.1 Å². The minimum Gasteiger partial charge on any atom is -0.468 e. The largest absolute Gasteiger partial charge is 0.468 e. The van der Waals surface area contributed by atoms with Gasteiger partial charge in [0.05, 0.1) is 7.11 Å². The fourth-order valence-electron chi connectivity index (χ4n) is 2.17. The highest BCUT2D eigenvalue weighted by Gasteiger charge is 2.51. The number of hydrogen-bond donors (Lipinski definition) is 1. The summed E-state index contributed by atoms with van der Waals surface area (Å²) in [4.78, 5) is 16.5. The van der Waals surface area contributed by atoms with Crippen molar-refractivity contribution in [3.8, 4) is 0 Å². The molecule has 1 aromatic rings. The number of thioether (sulfide) groups is 1. The van der Waals surface area contributed by atoms with Crippen LogP contribution in [0.25, 0.3) is 0 Å². The molecule has 1 unspecified atom stereocenters. The first-order valence-corrected chi connectivity index (χ1v) is 8.45. The quantitative estimate of drug-likeness (QED) is 0.590. The number of rotatable bonds is 8. The highest BCUT2D eigenvalue weighted by atomic mass is 32.2. The summed E-state index contributed by atoms with van der Waals surface area (Å²) in [6.45, 7) is 2.94. The Kier molecular flexibility index (Phi) is 5.24. The number of hydrogen-bond acceptors (Lipinski definition) is 6. The maximum Gasteiger partial charge on any atom is 0.327 e. The lowest BCUT2D eigenvalue weighted by Crippen LogP contribution is -2.57. The molecule has 0 amide bonds. The molecule has 1 aliphatic carbocycles. The van der Waals surface area contributed by atoms with Crippen LogP contribution in [0.3, 0.4) is 0 Å². The minimum atomic E-state index is -0.541. The number of aromatic nitrogens is 1. The molecule has 2 rings (SSSR count). The van der Waals surface area contributed by atoms with Crippen LogP contribution in [0.1, 0.15) is 26.2 Å². The average molecular weight is 300 g/mol. The molecule has 0 aliphatic heterocycles. The smallest absolute Gasteiger partial charge is 0.327 e. The number of nitrogens with one attached hydrogen (secondary N) is 1. The zero-order valence-corrected chi connectivity index (χ0v) is 13.0. The van der Waals surface area contributed by atoms with E-state index in [0.717, 1.165) is 30.1 Å². The van der Waals surface area contributed by atoms with Crippen molar-refractivity contribution in [3.63, 3.8) is 0 Å². The van der Waals surface area contributed by atoms with Gasteiger partial charge in [-0.1, -0.05) is 18.7 Å². The summed E-state index contributed by atoms with van der Waals surface area (Å²) in [5.41, 5.74) is -0.541. The van der Waals surface area contributed by atoms with Gasteiger partial charge in [0.1, 0.15) is 9.88 Å². The SMILES string of the molecule is CCCNC(CSc1nccs1)(C(=O)OC)C1CC1. The van der Waals surface area contributed by atoms with Crippen LogP contribution in [-0.4, -0.2) is 35.9 Å². The Labute approximate surface area is 122 Å². The highest BCUT2D eigenvalue weighted by Crippen LogP contribution is 2.43. The maximum absolute atomic E-state index is 12.3. The zero-order chi connectivity index (χ0) is 13.7. The normalized spacial score (nSPS) is 18.0. The first-order valence-electron chi connectivity index (χ1n) is 6.58. The summed E-state index contributed by atoms with van der Waals surface area (Å²) in [5, 5.41) is 5.40. The number of methoxy groups -OCH3 is 1. The van der Waals surface area contributed by atoms with Crippen LogP contribution in [-0.2, 0) is 9.53 Å². The number of nitrogens with zero attached hydrogens (tertiary/aromatic N) is 1. The number of ether oxygens (including phenoxy) is 1.